The summed E-state index contributed by atoms with van der Waals surface area (Å²) in [7, 11) is -1.67. The van der Waals surface area contributed by atoms with Gasteiger partial charge in [-0.3, -0.25) is 15.6 Å². The number of sulfonamides is 1. The second-order valence-corrected chi connectivity index (χ2v) is 10.4. The number of nitrogens with zero attached hydrogens (tertiary/aromatic N) is 2. The lowest BCUT2D eigenvalue weighted by Gasteiger charge is -2.36. The van der Waals surface area contributed by atoms with Crippen molar-refractivity contribution in [1.82, 2.24) is 15.2 Å². The summed E-state index contributed by atoms with van der Waals surface area (Å²) < 4.78 is 27.5. The van der Waals surface area contributed by atoms with Gasteiger partial charge < -0.3 is 4.90 Å². The average Bonchev–Trinajstić information content (AvgIpc) is 3.29. The number of hydrogen-bond acceptors (Lipinski definition) is 5. The lowest BCUT2D eigenvalue weighted by Crippen LogP contribution is -2.49. The van der Waals surface area contributed by atoms with Crippen LogP contribution < -0.4 is 15.8 Å². The summed E-state index contributed by atoms with van der Waals surface area (Å²) in [6.45, 7) is 3.45. The number of amides is 1. The Bertz CT molecular complexity index is 1000. The maximum Gasteiger partial charge on any atom is 0.243 e. The minimum absolute atomic E-state index is 0.0112. The highest BCUT2D eigenvalue weighted by Gasteiger charge is 2.41. The van der Waals surface area contributed by atoms with Crippen LogP contribution in [0.4, 0.5) is 5.69 Å². The molecule has 31 heavy (non-hydrogen) atoms. The van der Waals surface area contributed by atoms with Gasteiger partial charge in [-0.15, -0.1) is 0 Å². The van der Waals surface area contributed by atoms with Crippen LogP contribution in [0.25, 0.3) is 0 Å². The van der Waals surface area contributed by atoms with Gasteiger partial charge >= 0.3 is 0 Å². The topological polar surface area (TPSA) is 81.8 Å². The van der Waals surface area contributed by atoms with Crippen LogP contribution in [0.2, 0.25) is 0 Å². The molecule has 7 nitrogen and oxygen atoms in total. The highest BCUT2D eigenvalue weighted by atomic mass is 32.2. The van der Waals surface area contributed by atoms with Gasteiger partial charge in [0, 0.05) is 38.4 Å². The normalized spacial score (nSPS) is 23.0. The number of nitrogens with one attached hydrogen (secondary N) is 2. The fourth-order valence-electron chi connectivity index (χ4n) is 4.56. The summed E-state index contributed by atoms with van der Waals surface area (Å²) in [6, 6.07) is 16.6. The number of anilines is 1. The zero-order valence-electron chi connectivity index (χ0n) is 18.0. The molecule has 0 aromatic heterocycles. The lowest BCUT2D eigenvalue weighted by molar-refractivity contribution is -0.122. The van der Waals surface area contributed by atoms with Crippen LogP contribution in [0, 0.1) is 18.8 Å². The number of carbonyl (C=O) groups is 1. The minimum atomic E-state index is -3.48. The molecule has 8 heteroatoms. The molecule has 2 fully saturated rings. The van der Waals surface area contributed by atoms with E-state index in [1.54, 1.807) is 21.3 Å². The van der Waals surface area contributed by atoms with Gasteiger partial charge in [0.2, 0.25) is 15.9 Å². The molecule has 166 valence electrons. The van der Waals surface area contributed by atoms with Crippen molar-refractivity contribution in [3.63, 3.8) is 0 Å². The highest BCUT2D eigenvalue weighted by Crippen LogP contribution is 2.31. The first-order chi connectivity index (χ1) is 14.9. The Morgan fingerprint density at radius 1 is 1.03 bits per heavy atom. The molecular weight excluding hydrogens is 412 g/mol. The van der Waals surface area contributed by atoms with Gasteiger partial charge in [-0.2, -0.15) is 4.31 Å². The monoisotopic (exact) mass is 442 g/mol. The second kappa shape index (κ2) is 9.08. The molecule has 2 heterocycles. The molecule has 2 saturated heterocycles. The van der Waals surface area contributed by atoms with E-state index in [9.17, 15) is 13.2 Å². The highest BCUT2D eigenvalue weighted by molar-refractivity contribution is 7.89. The van der Waals surface area contributed by atoms with Crippen molar-refractivity contribution in [3.8, 4) is 0 Å². The second-order valence-electron chi connectivity index (χ2n) is 8.44. The third-order valence-electron chi connectivity index (χ3n) is 6.48. The lowest BCUT2D eigenvalue weighted by atomic mass is 9.83. The predicted molar refractivity (Wildman–Crippen MR) is 121 cm³/mol. The molecule has 2 aliphatic rings. The summed E-state index contributed by atoms with van der Waals surface area (Å²) in [6.07, 6.45) is 1.45. The van der Waals surface area contributed by atoms with Gasteiger partial charge in [0.15, 0.2) is 0 Å². The molecular formula is C23H30N4O3S. The summed E-state index contributed by atoms with van der Waals surface area (Å²) in [5.41, 5.74) is 8.35. The zero-order chi connectivity index (χ0) is 22.0. The molecule has 2 aliphatic heterocycles. The van der Waals surface area contributed by atoms with Crippen molar-refractivity contribution < 1.29 is 13.2 Å². The van der Waals surface area contributed by atoms with Crippen LogP contribution in [0.3, 0.4) is 0 Å². The number of hydrogen-bond donors (Lipinski definition) is 2. The predicted octanol–water partition coefficient (Wildman–Crippen LogP) is 2.15. The van der Waals surface area contributed by atoms with Gasteiger partial charge in [0.25, 0.3) is 0 Å². The summed E-state index contributed by atoms with van der Waals surface area (Å²) >= 11 is 0. The van der Waals surface area contributed by atoms with Crippen LogP contribution in [0.5, 0.6) is 0 Å². The Morgan fingerprint density at radius 3 is 2.32 bits per heavy atom. The van der Waals surface area contributed by atoms with Crippen molar-refractivity contribution >= 4 is 21.6 Å². The first-order valence-corrected chi connectivity index (χ1v) is 12.2. The number of carbonyl (C=O) groups excluding carboxylic acids is 1. The standard InChI is InChI=1S/C23H30N4O3S/c1-17-8-10-20(11-9-17)31(29,30)27-14-12-18(13-15-27)22-21(16-24-25-22)23(28)26(2)19-6-4-3-5-7-19/h3-11,18,21-22,24-25H,12-16H2,1-2H3. The van der Waals surface area contributed by atoms with E-state index < -0.39 is 10.0 Å². The van der Waals surface area contributed by atoms with Crippen LogP contribution >= 0.6 is 0 Å². The number of benzene rings is 2. The van der Waals surface area contributed by atoms with Gasteiger partial charge in [-0.05, 0) is 49.9 Å². The maximum atomic E-state index is 13.2. The minimum Gasteiger partial charge on any atom is -0.315 e. The van der Waals surface area contributed by atoms with Crippen LogP contribution in [-0.2, 0) is 14.8 Å². The van der Waals surface area contributed by atoms with E-state index in [0.717, 1.165) is 24.1 Å². The first kappa shape index (κ1) is 22.0. The fraction of sp³-hybridized carbons (Fsp3) is 0.435. The molecule has 4 rings (SSSR count). The third-order valence-corrected chi connectivity index (χ3v) is 8.39. The SMILES string of the molecule is Cc1ccc(S(=O)(=O)N2CCC(C3NNCC3C(=O)N(C)c3ccccc3)CC2)cc1. The van der Waals surface area contributed by atoms with E-state index in [0.29, 0.717) is 24.5 Å². The molecule has 2 atom stereocenters. The molecule has 0 saturated carbocycles. The Labute approximate surface area is 184 Å². The smallest absolute Gasteiger partial charge is 0.243 e. The van der Waals surface area contributed by atoms with E-state index in [-0.39, 0.29) is 23.8 Å². The summed E-state index contributed by atoms with van der Waals surface area (Å²) in [5, 5.41) is 0. The van der Waals surface area contributed by atoms with Crippen LogP contribution in [-0.4, -0.2) is 51.4 Å². The first-order valence-electron chi connectivity index (χ1n) is 10.8. The number of hydrazine groups is 1. The van der Waals surface area contributed by atoms with Crippen LogP contribution in [0.15, 0.2) is 59.5 Å². The zero-order valence-corrected chi connectivity index (χ0v) is 18.8. The number of piperidine rings is 1. The van der Waals surface area contributed by atoms with E-state index >= 15 is 0 Å². The van der Waals surface area contributed by atoms with Crippen LogP contribution in [0.1, 0.15) is 18.4 Å². The molecule has 0 spiro atoms. The number of aryl methyl sites for hydroxylation is 1. The third kappa shape index (κ3) is 4.52. The van der Waals surface area contributed by atoms with Gasteiger partial charge in [0.05, 0.1) is 10.8 Å². The Kier molecular flexibility index (Phi) is 6.43. The molecule has 0 bridgehead atoms. The largest absolute Gasteiger partial charge is 0.315 e. The van der Waals surface area contributed by atoms with E-state index in [1.807, 2.05) is 56.4 Å². The molecule has 2 N–H and O–H groups in total. The van der Waals surface area contributed by atoms with Gasteiger partial charge in [-0.1, -0.05) is 35.9 Å². The van der Waals surface area contributed by atoms with Gasteiger partial charge in [-0.25, -0.2) is 8.42 Å². The molecule has 0 aliphatic carbocycles. The number of para-hydroxylation sites is 1. The quantitative estimate of drug-likeness (QED) is 0.742. The van der Waals surface area contributed by atoms with Crippen molar-refractivity contribution in [2.75, 3.05) is 31.6 Å². The van der Waals surface area contributed by atoms with E-state index in [2.05, 4.69) is 10.9 Å². The fourth-order valence-corrected chi connectivity index (χ4v) is 6.03. The Hall–Kier alpha value is -2.26. The molecule has 2 unspecified atom stereocenters. The average molecular weight is 443 g/mol. The molecule has 1 amide bonds. The molecule has 0 radical (unpaired) electrons. The molecule has 2 aromatic carbocycles. The van der Waals surface area contributed by atoms with Crippen molar-refractivity contribution in [1.29, 1.82) is 0 Å². The summed E-state index contributed by atoms with van der Waals surface area (Å²) in [5.74, 6) is 0.122. The molecule has 2 aromatic rings. The Morgan fingerprint density at radius 2 is 1.68 bits per heavy atom. The Balaban J connectivity index is 1.41. The van der Waals surface area contributed by atoms with Crippen molar-refractivity contribution in [2.45, 2.75) is 30.7 Å². The number of rotatable bonds is 5. The van der Waals surface area contributed by atoms with Gasteiger partial charge in [0.1, 0.15) is 0 Å². The summed E-state index contributed by atoms with van der Waals surface area (Å²) in [4.78, 5) is 15.2. The maximum absolute atomic E-state index is 13.2. The van der Waals surface area contributed by atoms with E-state index in [1.165, 1.54) is 0 Å². The van der Waals surface area contributed by atoms with Crippen molar-refractivity contribution in [3.05, 3.63) is 60.2 Å². The van der Waals surface area contributed by atoms with E-state index in [4.69, 9.17) is 0 Å². The van der Waals surface area contributed by atoms with Crippen molar-refractivity contribution in [2.24, 2.45) is 11.8 Å².